The number of rotatable bonds is 6. The molecule has 5 heteroatoms. The molecule has 1 saturated heterocycles. The number of hydrogen-bond donors (Lipinski definition) is 1. The Balaban J connectivity index is 1.69. The molecule has 2 N–H and O–H groups in total. The number of benzene rings is 2. The Morgan fingerprint density at radius 1 is 1.00 bits per heavy atom. The standard InChI is InChI=1S/C19H26N2O2S/c20-12-4-3-5-16-10-13-21(14-11-16)24(22,23)19-9-8-17-6-1-2-7-18(17)15-19/h1-2,6-9,15-16H,3-5,10-14,20H2. The highest BCUT2D eigenvalue weighted by atomic mass is 32.2. The first-order valence-corrected chi connectivity index (χ1v) is 10.2. The quantitative estimate of drug-likeness (QED) is 0.816. The fourth-order valence-electron chi connectivity index (χ4n) is 3.49. The monoisotopic (exact) mass is 346 g/mol. The number of hydrogen-bond acceptors (Lipinski definition) is 3. The van der Waals surface area contributed by atoms with E-state index in [1.807, 2.05) is 30.3 Å². The van der Waals surface area contributed by atoms with Gasteiger partial charge in [-0.05, 0) is 54.6 Å². The van der Waals surface area contributed by atoms with Crippen LogP contribution in [0.4, 0.5) is 0 Å². The van der Waals surface area contributed by atoms with Crippen molar-refractivity contribution in [1.29, 1.82) is 0 Å². The molecule has 1 heterocycles. The molecule has 0 spiro atoms. The smallest absolute Gasteiger partial charge is 0.243 e. The van der Waals surface area contributed by atoms with Gasteiger partial charge in [-0.2, -0.15) is 4.31 Å². The molecule has 130 valence electrons. The maximum absolute atomic E-state index is 12.9. The fraction of sp³-hybridized carbons (Fsp3) is 0.474. The van der Waals surface area contributed by atoms with Crippen LogP contribution in [0.25, 0.3) is 10.8 Å². The van der Waals surface area contributed by atoms with Crippen LogP contribution in [-0.2, 0) is 10.0 Å². The molecule has 1 aliphatic heterocycles. The third-order valence-electron chi connectivity index (χ3n) is 5.00. The van der Waals surface area contributed by atoms with E-state index >= 15 is 0 Å². The summed E-state index contributed by atoms with van der Waals surface area (Å²) in [6.45, 7) is 2.00. The topological polar surface area (TPSA) is 63.4 Å². The molecule has 4 nitrogen and oxygen atoms in total. The molecule has 2 aromatic carbocycles. The molecule has 2 aromatic rings. The van der Waals surface area contributed by atoms with Crippen molar-refractivity contribution in [2.75, 3.05) is 19.6 Å². The highest BCUT2D eigenvalue weighted by Crippen LogP contribution is 2.28. The Kier molecular flexibility index (Phi) is 5.54. The highest BCUT2D eigenvalue weighted by Gasteiger charge is 2.29. The van der Waals surface area contributed by atoms with Crippen LogP contribution in [-0.4, -0.2) is 32.4 Å². The van der Waals surface area contributed by atoms with Crippen molar-refractivity contribution in [3.8, 4) is 0 Å². The van der Waals surface area contributed by atoms with Crippen LogP contribution in [0, 0.1) is 5.92 Å². The van der Waals surface area contributed by atoms with E-state index in [1.165, 1.54) is 6.42 Å². The van der Waals surface area contributed by atoms with Gasteiger partial charge in [0, 0.05) is 13.1 Å². The number of nitrogens with zero attached hydrogens (tertiary/aromatic N) is 1. The van der Waals surface area contributed by atoms with Crippen molar-refractivity contribution in [2.45, 2.75) is 37.0 Å². The second-order valence-corrected chi connectivity index (χ2v) is 8.58. The summed E-state index contributed by atoms with van der Waals surface area (Å²) in [6, 6.07) is 13.3. The van der Waals surface area contributed by atoms with E-state index in [0.29, 0.717) is 23.9 Å². The summed E-state index contributed by atoms with van der Waals surface area (Å²) in [7, 11) is -3.39. The fourth-order valence-corrected chi connectivity index (χ4v) is 5.00. The van der Waals surface area contributed by atoms with Crippen molar-refractivity contribution < 1.29 is 8.42 Å². The predicted molar refractivity (Wildman–Crippen MR) is 98.3 cm³/mol. The SMILES string of the molecule is NCCCCC1CCN(S(=O)(=O)c2ccc3ccccc3c2)CC1. The van der Waals surface area contributed by atoms with E-state index in [9.17, 15) is 8.42 Å². The molecule has 0 aromatic heterocycles. The number of nitrogens with two attached hydrogens (primary N) is 1. The molecule has 0 bridgehead atoms. The molecule has 0 atom stereocenters. The van der Waals surface area contributed by atoms with Crippen LogP contribution in [0.5, 0.6) is 0 Å². The van der Waals surface area contributed by atoms with Crippen molar-refractivity contribution in [3.63, 3.8) is 0 Å². The normalized spacial score (nSPS) is 17.4. The van der Waals surface area contributed by atoms with Gasteiger partial charge in [-0.25, -0.2) is 8.42 Å². The second kappa shape index (κ2) is 7.64. The minimum atomic E-state index is -3.39. The molecule has 0 radical (unpaired) electrons. The predicted octanol–water partition coefficient (Wildman–Crippen LogP) is 3.37. The van der Waals surface area contributed by atoms with E-state index in [2.05, 4.69) is 0 Å². The lowest BCUT2D eigenvalue weighted by atomic mass is 9.92. The van der Waals surface area contributed by atoms with Crippen molar-refractivity contribution >= 4 is 20.8 Å². The molecule has 0 aliphatic carbocycles. The lowest BCUT2D eigenvalue weighted by Crippen LogP contribution is -2.38. The first-order valence-electron chi connectivity index (χ1n) is 8.80. The molecule has 0 amide bonds. The van der Waals surface area contributed by atoms with Gasteiger partial charge in [0.2, 0.25) is 10.0 Å². The average Bonchev–Trinajstić information content (AvgIpc) is 2.62. The summed E-state index contributed by atoms with van der Waals surface area (Å²) in [5, 5.41) is 2.03. The average molecular weight is 346 g/mol. The Bertz CT molecular complexity index is 781. The number of piperidine rings is 1. The zero-order valence-corrected chi connectivity index (χ0v) is 14.8. The Morgan fingerprint density at radius 2 is 1.71 bits per heavy atom. The lowest BCUT2D eigenvalue weighted by molar-refractivity contribution is 0.259. The highest BCUT2D eigenvalue weighted by molar-refractivity contribution is 7.89. The molecule has 0 saturated carbocycles. The van der Waals surface area contributed by atoms with E-state index in [1.54, 1.807) is 16.4 Å². The van der Waals surface area contributed by atoms with Crippen LogP contribution < -0.4 is 5.73 Å². The van der Waals surface area contributed by atoms with Crippen molar-refractivity contribution in [3.05, 3.63) is 42.5 Å². The van der Waals surface area contributed by atoms with Crippen LogP contribution in [0.2, 0.25) is 0 Å². The molecule has 24 heavy (non-hydrogen) atoms. The summed E-state index contributed by atoms with van der Waals surface area (Å²) in [5.74, 6) is 0.639. The third kappa shape index (κ3) is 3.79. The molecular formula is C19H26N2O2S. The number of unbranched alkanes of at least 4 members (excludes halogenated alkanes) is 1. The largest absolute Gasteiger partial charge is 0.330 e. The zero-order valence-electron chi connectivity index (χ0n) is 14.0. The molecule has 1 fully saturated rings. The van der Waals surface area contributed by atoms with Gasteiger partial charge in [0.25, 0.3) is 0 Å². The molecule has 1 aliphatic rings. The van der Waals surface area contributed by atoms with E-state index in [4.69, 9.17) is 5.73 Å². The van der Waals surface area contributed by atoms with E-state index < -0.39 is 10.0 Å². The van der Waals surface area contributed by atoms with Gasteiger partial charge in [-0.15, -0.1) is 0 Å². The van der Waals surface area contributed by atoms with Crippen LogP contribution in [0.3, 0.4) is 0 Å². The van der Waals surface area contributed by atoms with Crippen LogP contribution in [0.1, 0.15) is 32.1 Å². The van der Waals surface area contributed by atoms with Gasteiger partial charge in [0.1, 0.15) is 0 Å². The molecule has 0 unspecified atom stereocenters. The van der Waals surface area contributed by atoms with Gasteiger partial charge < -0.3 is 5.73 Å². The van der Waals surface area contributed by atoms with Gasteiger partial charge in [0.05, 0.1) is 4.90 Å². The number of fused-ring (bicyclic) bond motifs is 1. The minimum absolute atomic E-state index is 0.405. The molecular weight excluding hydrogens is 320 g/mol. The Labute approximate surface area is 144 Å². The first-order chi connectivity index (χ1) is 11.6. The summed E-state index contributed by atoms with van der Waals surface area (Å²) in [5.41, 5.74) is 5.54. The summed E-state index contributed by atoms with van der Waals surface area (Å²) in [4.78, 5) is 0.405. The van der Waals surface area contributed by atoms with E-state index in [-0.39, 0.29) is 0 Å². The Morgan fingerprint density at radius 3 is 2.42 bits per heavy atom. The maximum atomic E-state index is 12.9. The van der Waals surface area contributed by atoms with Crippen molar-refractivity contribution in [2.24, 2.45) is 11.7 Å². The summed E-state index contributed by atoms with van der Waals surface area (Å²) < 4.78 is 27.5. The lowest BCUT2D eigenvalue weighted by Gasteiger charge is -2.31. The molecule has 3 rings (SSSR count). The zero-order chi connectivity index (χ0) is 17.0. The first kappa shape index (κ1) is 17.4. The minimum Gasteiger partial charge on any atom is -0.330 e. The van der Waals surface area contributed by atoms with Crippen LogP contribution in [0.15, 0.2) is 47.4 Å². The number of sulfonamides is 1. The van der Waals surface area contributed by atoms with Gasteiger partial charge >= 0.3 is 0 Å². The van der Waals surface area contributed by atoms with Gasteiger partial charge in [-0.1, -0.05) is 43.2 Å². The Hall–Kier alpha value is -1.43. The summed E-state index contributed by atoms with van der Waals surface area (Å²) in [6.07, 6.45) is 5.30. The van der Waals surface area contributed by atoms with Gasteiger partial charge in [0.15, 0.2) is 0 Å². The third-order valence-corrected chi connectivity index (χ3v) is 6.89. The maximum Gasteiger partial charge on any atom is 0.243 e. The van der Waals surface area contributed by atoms with E-state index in [0.717, 1.165) is 43.0 Å². The second-order valence-electron chi connectivity index (χ2n) is 6.64. The summed E-state index contributed by atoms with van der Waals surface area (Å²) >= 11 is 0. The van der Waals surface area contributed by atoms with Gasteiger partial charge in [-0.3, -0.25) is 0 Å². The van der Waals surface area contributed by atoms with Crippen LogP contribution >= 0.6 is 0 Å². The van der Waals surface area contributed by atoms with Crippen molar-refractivity contribution in [1.82, 2.24) is 4.31 Å².